The van der Waals surface area contributed by atoms with E-state index in [0.29, 0.717) is 6.07 Å². The third-order valence-electron chi connectivity index (χ3n) is 1.33. The first-order valence-corrected chi connectivity index (χ1v) is 3.98. The molecule has 0 amide bonds. The second kappa shape index (κ2) is 3.89. The summed E-state index contributed by atoms with van der Waals surface area (Å²) in [6, 6.07) is 0.633. The summed E-state index contributed by atoms with van der Waals surface area (Å²) in [5.74, 6) is -4.07. The van der Waals surface area contributed by atoms with Gasteiger partial charge in [-0.05, 0) is 6.07 Å². The Kier molecular flexibility index (Phi) is 3.03. The molecule has 0 aliphatic carbocycles. The number of carboxylic acid groups (broad SMARTS) is 1. The molecule has 0 atom stereocenters. The molecule has 0 spiro atoms. The van der Waals surface area contributed by atoms with Crippen molar-refractivity contribution in [1.29, 1.82) is 0 Å². The number of carbonyl (C=O) groups excluding carboxylic acids is 1. The molecule has 14 heavy (non-hydrogen) atoms. The second-order valence-corrected chi connectivity index (χ2v) is 2.95. The minimum atomic E-state index is -1.74. The van der Waals surface area contributed by atoms with Gasteiger partial charge in [0.25, 0.3) is 5.78 Å². The SMILES string of the molecule is O=C(O)C(=O)c1cc(F)c(Cl)nc1Cl. The zero-order chi connectivity index (χ0) is 10.9. The summed E-state index contributed by atoms with van der Waals surface area (Å²) >= 11 is 10.6. The van der Waals surface area contributed by atoms with Crippen molar-refractivity contribution in [2.45, 2.75) is 0 Å². The van der Waals surface area contributed by atoms with Gasteiger partial charge < -0.3 is 5.11 Å². The van der Waals surface area contributed by atoms with Crippen molar-refractivity contribution in [3.63, 3.8) is 0 Å². The number of aliphatic carboxylic acids is 1. The Bertz CT molecular complexity index is 422. The van der Waals surface area contributed by atoms with Gasteiger partial charge in [0.15, 0.2) is 11.0 Å². The third kappa shape index (κ3) is 2.00. The minimum absolute atomic E-state index is 0.441. The molecule has 1 N–H and O–H groups in total. The average Bonchev–Trinajstić information content (AvgIpc) is 2.10. The maximum absolute atomic E-state index is 12.8. The van der Waals surface area contributed by atoms with Crippen molar-refractivity contribution in [3.05, 3.63) is 27.8 Å². The van der Waals surface area contributed by atoms with Crippen LogP contribution in [0.4, 0.5) is 4.39 Å². The van der Waals surface area contributed by atoms with Crippen LogP contribution >= 0.6 is 23.2 Å². The summed E-state index contributed by atoms with van der Waals surface area (Å²) in [7, 11) is 0. The highest BCUT2D eigenvalue weighted by atomic mass is 35.5. The van der Waals surface area contributed by atoms with Crippen LogP contribution in [0.25, 0.3) is 0 Å². The molecule has 74 valence electrons. The fourth-order valence-corrected chi connectivity index (χ4v) is 1.13. The van der Waals surface area contributed by atoms with Gasteiger partial charge >= 0.3 is 5.97 Å². The monoisotopic (exact) mass is 237 g/mol. The molecule has 1 rings (SSSR count). The number of hydrogen-bond acceptors (Lipinski definition) is 3. The highest BCUT2D eigenvalue weighted by Gasteiger charge is 2.21. The summed E-state index contributed by atoms with van der Waals surface area (Å²) in [4.78, 5) is 24.4. The van der Waals surface area contributed by atoms with Crippen LogP contribution in [0.5, 0.6) is 0 Å². The number of nitrogens with zero attached hydrogens (tertiary/aromatic N) is 1. The Hall–Kier alpha value is -1.20. The fraction of sp³-hybridized carbons (Fsp3) is 0. The smallest absolute Gasteiger partial charge is 0.377 e. The topological polar surface area (TPSA) is 67.3 Å². The van der Waals surface area contributed by atoms with Crippen LogP contribution in [0.1, 0.15) is 10.4 Å². The number of ketones is 1. The van der Waals surface area contributed by atoms with Crippen LogP contribution in [-0.4, -0.2) is 21.8 Å². The molecule has 7 heteroatoms. The average molecular weight is 238 g/mol. The van der Waals surface area contributed by atoms with Crippen LogP contribution < -0.4 is 0 Å². The molecule has 0 aromatic carbocycles. The fourth-order valence-electron chi connectivity index (χ4n) is 0.720. The molecule has 0 saturated carbocycles. The quantitative estimate of drug-likeness (QED) is 0.484. The van der Waals surface area contributed by atoms with Crippen molar-refractivity contribution in [1.82, 2.24) is 4.98 Å². The van der Waals surface area contributed by atoms with Gasteiger partial charge in [-0.2, -0.15) is 0 Å². The molecule has 1 heterocycles. The van der Waals surface area contributed by atoms with Crippen LogP contribution in [-0.2, 0) is 4.79 Å². The molecular weight excluding hydrogens is 236 g/mol. The first-order valence-electron chi connectivity index (χ1n) is 3.22. The van der Waals surface area contributed by atoms with Crippen LogP contribution in [0.2, 0.25) is 10.3 Å². The summed E-state index contributed by atoms with van der Waals surface area (Å²) in [6.45, 7) is 0. The van der Waals surface area contributed by atoms with Crippen LogP contribution in [0.15, 0.2) is 6.07 Å². The van der Waals surface area contributed by atoms with E-state index in [0.717, 1.165) is 0 Å². The lowest BCUT2D eigenvalue weighted by atomic mass is 10.2. The van der Waals surface area contributed by atoms with E-state index in [1.807, 2.05) is 0 Å². The molecule has 1 aromatic rings. The molecule has 1 aromatic heterocycles. The van der Waals surface area contributed by atoms with Gasteiger partial charge in [0.05, 0.1) is 5.56 Å². The highest BCUT2D eigenvalue weighted by molar-refractivity contribution is 6.44. The Morgan fingerprint density at radius 2 is 1.93 bits per heavy atom. The van der Waals surface area contributed by atoms with E-state index >= 15 is 0 Å². The number of carbonyl (C=O) groups is 2. The van der Waals surface area contributed by atoms with Gasteiger partial charge in [-0.25, -0.2) is 14.2 Å². The zero-order valence-electron chi connectivity index (χ0n) is 6.42. The van der Waals surface area contributed by atoms with Crippen molar-refractivity contribution in [2.24, 2.45) is 0 Å². The maximum atomic E-state index is 12.8. The first kappa shape index (κ1) is 10.9. The summed E-state index contributed by atoms with van der Waals surface area (Å²) in [5.41, 5.74) is -0.527. The Morgan fingerprint density at radius 3 is 2.43 bits per heavy atom. The van der Waals surface area contributed by atoms with Crippen LogP contribution in [0.3, 0.4) is 0 Å². The van der Waals surface area contributed by atoms with E-state index in [9.17, 15) is 14.0 Å². The van der Waals surface area contributed by atoms with E-state index in [1.165, 1.54) is 0 Å². The molecule has 0 fully saturated rings. The maximum Gasteiger partial charge on any atom is 0.377 e. The zero-order valence-corrected chi connectivity index (χ0v) is 7.93. The molecule has 0 aliphatic heterocycles. The Labute approximate surface area is 87.3 Å². The Balaban J connectivity index is 3.29. The molecule has 0 aliphatic rings. The largest absolute Gasteiger partial charge is 0.475 e. The number of halogens is 3. The number of carboxylic acids is 1. The molecule has 0 unspecified atom stereocenters. The van der Waals surface area contributed by atoms with E-state index in [2.05, 4.69) is 4.98 Å². The van der Waals surface area contributed by atoms with Crippen molar-refractivity contribution in [3.8, 4) is 0 Å². The lowest BCUT2D eigenvalue weighted by molar-refractivity contribution is -0.131. The summed E-state index contributed by atoms with van der Waals surface area (Å²) in [5, 5.41) is 7.37. The lowest BCUT2D eigenvalue weighted by Gasteiger charge is -2.00. The molecule has 4 nitrogen and oxygen atoms in total. The third-order valence-corrected chi connectivity index (χ3v) is 1.88. The summed E-state index contributed by atoms with van der Waals surface area (Å²) < 4.78 is 12.8. The van der Waals surface area contributed by atoms with Crippen LogP contribution in [0, 0.1) is 5.82 Å². The number of Topliss-reactive ketones (excluding diaryl/α,β-unsaturated/α-hetero) is 1. The molecule has 0 saturated heterocycles. The standard InChI is InChI=1S/C7H2Cl2FNO3/c8-5-2(4(12)7(13)14)1-3(10)6(9)11-5/h1H,(H,13,14). The van der Waals surface area contributed by atoms with Gasteiger partial charge in [-0.1, -0.05) is 23.2 Å². The van der Waals surface area contributed by atoms with E-state index in [-0.39, 0.29) is 0 Å². The van der Waals surface area contributed by atoms with Gasteiger partial charge in [-0.3, -0.25) is 4.79 Å². The highest BCUT2D eigenvalue weighted by Crippen LogP contribution is 2.20. The molecule has 0 bridgehead atoms. The van der Waals surface area contributed by atoms with Gasteiger partial charge in [0.1, 0.15) is 5.15 Å². The number of rotatable bonds is 2. The van der Waals surface area contributed by atoms with E-state index in [1.54, 1.807) is 0 Å². The Morgan fingerprint density at radius 1 is 1.36 bits per heavy atom. The normalized spacial score (nSPS) is 9.93. The van der Waals surface area contributed by atoms with Crippen molar-refractivity contribution < 1.29 is 19.1 Å². The second-order valence-electron chi connectivity index (χ2n) is 2.23. The predicted octanol–water partition coefficient (Wildman–Crippen LogP) is 1.79. The molecular formula is C7H2Cl2FNO3. The van der Waals surface area contributed by atoms with E-state index < -0.39 is 33.4 Å². The molecule has 0 radical (unpaired) electrons. The van der Waals surface area contributed by atoms with E-state index in [4.69, 9.17) is 28.3 Å². The number of aromatic nitrogens is 1. The summed E-state index contributed by atoms with van der Waals surface area (Å²) in [6.07, 6.45) is 0. The van der Waals surface area contributed by atoms with Gasteiger partial charge in [-0.15, -0.1) is 0 Å². The number of hydrogen-bond donors (Lipinski definition) is 1. The van der Waals surface area contributed by atoms with Crippen molar-refractivity contribution >= 4 is 35.0 Å². The minimum Gasteiger partial charge on any atom is -0.475 e. The lowest BCUT2D eigenvalue weighted by Crippen LogP contribution is -2.14. The van der Waals surface area contributed by atoms with Gasteiger partial charge in [0, 0.05) is 0 Å². The number of pyridine rings is 1. The van der Waals surface area contributed by atoms with Crippen molar-refractivity contribution in [2.75, 3.05) is 0 Å². The van der Waals surface area contributed by atoms with Gasteiger partial charge in [0.2, 0.25) is 0 Å². The predicted molar refractivity (Wildman–Crippen MR) is 46.2 cm³/mol. The first-order chi connectivity index (χ1) is 6.43.